The molecule has 0 radical (unpaired) electrons. The van der Waals surface area contributed by atoms with Crippen molar-refractivity contribution in [1.29, 1.82) is 0 Å². The summed E-state index contributed by atoms with van der Waals surface area (Å²) < 4.78 is -2.56. The van der Waals surface area contributed by atoms with E-state index in [2.05, 4.69) is 0 Å². The van der Waals surface area contributed by atoms with Gasteiger partial charge in [0.1, 0.15) is 0 Å². The van der Waals surface area contributed by atoms with Crippen LogP contribution in [0.1, 0.15) is 0 Å². The van der Waals surface area contributed by atoms with Gasteiger partial charge in [-0.15, -0.1) is 0 Å². The zero-order valence-electron chi connectivity index (χ0n) is 5.43. The van der Waals surface area contributed by atoms with Crippen LogP contribution in [-0.4, -0.2) is 0 Å². The topological polar surface area (TPSA) is 0 Å². The molecule has 0 atom stereocenters. The second-order valence-electron chi connectivity index (χ2n) is 1.86. The maximum atomic E-state index is 5.70. The van der Waals surface area contributed by atoms with Gasteiger partial charge in [-0.25, -0.2) is 0 Å². The van der Waals surface area contributed by atoms with Gasteiger partial charge < -0.3 is 0 Å². The van der Waals surface area contributed by atoms with Crippen LogP contribution in [0.3, 0.4) is 0 Å². The molecule has 0 nitrogen and oxygen atoms in total. The van der Waals surface area contributed by atoms with Gasteiger partial charge in [0.2, 0.25) is 0 Å². The monoisotopic (exact) mass is 246 g/mol. The second-order valence-corrected chi connectivity index (χ2v) is 14.7. The number of halogens is 3. The minimum absolute atomic E-state index is 1.01. The molecule has 0 N–H and O–H groups in total. The molecule has 0 heterocycles. The molecule has 62 valence electrons. The van der Waals surface area contributed by atoms with Crippen LogP contribution in [0, 0.1) is 0 Å². The van der Waals surface area contributed by atoms with Gasteiger partial charge in [0.25, 0.3) is 0 Å². The molecule has 1 aromatic carbocycles. The first-order valence-corrected chi connectivity index (χ1v) is 9.46. The van der Waals surface area contributed by atoms with Crippen molar-refractivity contribution in [3.63, 3.8) is 0 Å². The fraction of sp³-hybridized carbons (Fsp3) is 0. The van der Waals surface area contributed by atoms with Crippen molar-refractivity contribution < 1.29 is 0 Å². The van der Waals surface area contributed by atoms with Crippen LogP contribution in [0.5, 0.6) is 0 Å². The molecule has 1 rings (SSSR count). The summed E-state index contributed by atoms with van der Waals surface area (Å²) in [5.74, 6) is 0. The molecule has 0 spiro atoms. The van der Waals surface area contributed by atoms with Crippen LogP contribution in [0.15, 0.2) is 35.2 Å². The summed E-state index contributed by atoms with van der Waals surface area (Å²) in [5.41, 5.74) is 0. The number of hydrogen-bond donors (Lipinski definition) is 0. The predicted molar refractivity (Wildman–Crippen MR) is 58.2 cm³/mol. The molecule has 11 heavy (non-hydrogen) atoms. The Morgan fingerprint density at radius 2 is 1.55 bits per heavy atom. The molecule has 0 saturated carbocycles. The van der Waals surface area contributed by atoms with Crippen LogP contribution in [0.2, 0.25) is 0 Å². The average molecular weight is 248 g/mol. The first-order valence-electron chi connectivity index (χ1n) is 2.89. The van der Waals surface area contributed by atoms with Crippen molar-refractivity contribution in [2.24, 2.45) is 0 Å². The molecular formula is C6H6Cl3PS. The first-order chi connectivity index (χ1) is 5.08. The second kappa shape index (κ2) is 4.20. The van der Waals surface area contributed by atoms with Gasteiger partial charge in [-0.2, -0.15) is 0 Å². The summed E-state index contributed by atoms with van der Waals surface area (Å²) in [7, 11) is 0. The van der Waals surface area contributed by atoms with Gasteiger partial charge in [-0.05, 0) is 0 Å². The molecule has 5 heteroatoms. The first kappa shape index (κ1) is 9.95. The van der Waals surface area contributed by atoms with E-state index in [0.29, 0.717) is 0 Å². The summed E-state index contributed by atoms with van der Waals surface area (Å²) in [4.78, 5) is 1.01. The van der Waals surface area contributed by atoms with Crippen molar-refractivity contribution in [2.75, 3.05) is 0 Å². The summed E-state index contributed by atoms with van der Waals surface area (Å²) in [6.07, 6.45) is 0. The Morgan fingerprint density at radius 1 is 1.00 bits per heavy atom. The Morgan fingerprint density at radius 3 is 2.00 bits per heavy atom. The molecule has 0 fully saturated rings. The minimum atomic E-state index is -2.56. The molecule has 0 aliphatic heterocycles. The summed E-state index contributed by atoms with van der Waals surface area (Å²) in [6.45, 7) is 0. The fourth-order valence-electron chi connectivity index (χ4n) is 0.622. The van der Waals surface area contributed by atoms with Crippen molar-refractivity contribution in [2.45, 2.75) is 4.90 Å². The molecule has 1 aromatic rings. The summed E-state index contributed by atoms with van der Waals surface area (Å²) in [6, 6.07) is 9.64. The third-order valence-corrected chi connectivity index (χ3v) is 5.20. The Kier molecular flexibility index (Phi) is 3.80. The molecule has 0 amide bonds. The van der Waals surface area contributed by atoms with E-state index in [1.807, 2.05) is 30.3 Å². The standard InChI is InChI=1S/C6H6Cl3PS/c7-10(8,9)11-6-4-2-1-3-5-6/h1-5,10H. The summed E-state index contributed by atoms with van der Waals surface area (Å²) >= 11 is 18.4. The van der Waals surface area contributed by atoms with E-state index in [-0.39, 0.29) is 0 Å². The van der Waals surface area contributed by atoms with E-state index in [4.69, 9.17) is 33.7 Å². The molecule has 0 unspecified atom stereocenters. The number of benzene rings is 1. The molecule has 0 aliphatic rings. The van der Waals surface area contributed by atoms with Crippen LogP contribution < -0.4 is 0 Å². The Labute approximate surface area is 84.7 Å². The quantitative estimate of drug-likeness (QED) is 0.670. The SMILES string of the molecule is Cl[PH](Cl)(Cl)Sc1ccccc1. The van der Waals surface area contributed by atoms with Crippen LogP contribution >= 0.6 is 49.6 Å². The van der Waals surface area contributed by atoms with E-state index in [9.17, 15) is 0 Å². The van der Waals surface area contributed by atoms with E-state index < -0.39 is 4.52 Å². The van der Waals surface area contributed by atoms with Gasteiger partial charge in [-0.1, -0.05) is 0 Å². The van der Waals surface area contributed by atoms with Gasteiger partial charge >= 0.3 is 84.9 Å². The van der Waals surface area contributed by atoms with Gasteiger partial charge in [-0.3, -0.25) is 0 Å². The normalized spacial score (nSPS) is 13.0. The van der Waals surface area contributed by atoms with Crippen LogP contribution in [0.25, 0.3) is 0 Å². The van der Waals surface area contributed by atoms with Crippen molar-refractivity contribution >= 4 is 49.6 Å². The maximum absolute atomic E-state index is 5.70. The third-order valence-electron chi connectivity index (χ3n) is 0.977. The molecule has 0 aliphatic carbocycles. The Hall–Kier alpha value is 0.870. The molecular weight excluding hydrogens is 241 g/mol. The number of rotatable bonds is 2. The zero-order valence-corrected chi connectivity index (χ0v) is 9.51. The van der Waals surface area contributed by atoms with Crippen LogP contribution in [-0.2, 0) is 0 Å². The van der Waals surface area contributed by atoms with Crippen molar-refractivity contribution in [3.8, 4) is 0 Å². The summed E-state index contributed by atoms with van der Waals surface area (Å²) in [5, 5.41) is 0. The van der Waals surface area contributed by atoms with E-state index in [0.717, 1.165) is 4.90 Å². The Balaban J connectivity index is 2.66. The van der Waals surface area contributed by atoms with E-state index in [1.165, 1.54) is 11.4 Å². The average Bonchev–Trinajstić information content (AvgIpc) is 1.85. The van der Waals surface area contributed by atoms with Gasteiger partial charge in [0, 0.05) is 0 Å². The third kappa shape index (κ3) is 4.45. The van der Waals surface area contributed by atoms with E-state index in [1.54, 1.807) is 0 Å². The predicted octanol–water partition coefficient (Wildman–Crippen LogP) is 4.91. The van der Waals surface area contributed by atoms with Gasteiger partial charge in [0.05, 0.1) is 0 Å². The van der Waals surface area contributed by atoms with Crippen molar-refractivity contribution in [1.82, 2.24) is 0 Å². The van der Waals surface area contributed by atoms with E-state index >= 15 is 0 Å². The van der Waals surface area contributed by atoms with Crippen molar-refractivity contribution in [3.05, 3.63) is 30.3 Å². The zero-order chi connectivity index (χ0) is 8.32. The Bertz CT molecular complexity index is 221. The molecule has 0 bridgehead atoms. The fourth-order valence-corrected chi connectivity index (χ4v) is 4.80. The van der Waals surface area contributed by atoms with Crippen LogP contribution in [0.4, 0.5) is 0 Å². The number of hydrogen-bond acceptors (Lipinski definition) is 1. The molecule has 0 saturated heterocycles. The molecule has 0 aromatic heterocycles. The van der Waals surface area contributed by atoms with Gasteiger partial charge in [0.15, 0.2) is 0 Å².